The first kappa shape index (κ1) is 14.4. The highest BCUT2D eigenvalue weighted by Crippen LogP contribution is 2.26. The molecule has 0 bridgehead atoms. The molecule has 1 unspecified atom stereocenters. The number of nitro groups is 1. The fourth-order valence-electron chi connectivity index (χ4n) is 1.49. The van der Waals surface area contributed by atoms with Crippen LogP contribution in [0.1, 0.15) is 12.5 Å². The number of amides is 1. The molecule has 1 aromatic heterocycles. The summed E-state index contributed by atoms with van der Waals surface area (Å²) in [5.74, 6) is -0.342. The summed E-state index contributed by atoms with van der Waals surface area (Å²) in [4.78, 5) is 27.1. The van der Waals surface area contributed by atoms with Gasteiger partial charge in [-0.15, -0.1) is 0 Å². The average molecular weight is 263 g/mol. The molecule has 0 aliphatic rings. The predicted octanol–water partition coefficient (Wildman–Crippen LogP) is 0.750. The van der Waals surface area contributed by atoms with E-state index in [0.29, 0.717) is 0 Å². The number of anilines is 1. The Bertz CT molecular complexity index is 550. The SMILES string of the molecule is CC(Nc1nccc(C#N)c1[N+](=O)[O-])C(=O)N(C)C. The molecular weight excluding hydrogens is 250 g/mol. The Morgan fingerprint density at radius 3 is 2.74 bits per heavy atom. The van der Waals surface area contributed by atoms with Crippen LogP contribution in [0.4, 0.5) is 11.5 Å². The third kappa shape index (κ3) is 3.16. The van der Waals surface area contributed by atoms with Gasteiger partial charge in [-0.1, -0.05) is 0 Å². The maximum Gasteiger partial charge on any atom is 0.328 e. The number of rotatable bonds is 4. The van der Waals surface area contributed by atoms with Crippen molar-refractivity contribution < 1.29 is 9.72 Å². The number of hydrogen-bond donors (Lipinski definition) is 1. The van der Waals surface area contributed by atoms with Crippen molar-refractivity contribution in [2.45, 2.75) is 13.0 Å². The first-order valence-corrected chi connectivity index (χ1v) is 5.39. The lowest BCUT2D eigenvalue weighted by molar-refractivity contribution is -0.384. The Labute approximate surface area is 109 Å². The van der Waals surface area contributed by atoms with E-state index < -0.39 is 16.7 Å². The van der Waals surface area contributed by atoms with E-state index in [1.54, 1.807) is 27.1 Å². The van der Waals surface area contributed by atoms with Gasteiger partial charge in [-0.2, -0.15) is 5.26 Å². The van der Waals surface area contributed by atoms with Gasteiger partial charge in [0.1, 0.15) is 17.7 Å². The van der Waals surface area contributed by atoms with Gasteiger partial charge in [0, 0.05) is 20.3 Å². The molecule has 100 valence electrons. The molecule has 8 heteroatoms. The Hall–Kier alpha value is -2.69. The van der Waals surface area contributed by atoms with Crippen LogP contribution in [0.15, 0.2) is 12.3 Å². The van der Waals surface area contributed by atoms with Crippen LogP contribution in [0.3, 0.4) is 0 Å². The van der Waals surface area contributed by atoms with Crippen LogP contribution in [-0.2, 0) is 4.79 Å². The monoisotopic (exact) mass is 263 g/mol. The summed E-state index contributed by atoms with van der Waals surface area (Å²) in [6, 6.07) is 2.29. The summed E-state index contributed by atoms with van der Waals surface area (Å²) in [6.45, 7) is 1.56. The van der Waals surface area contributed by atoms with Crippen molar-refractivity contribution in [1.82, 2.24) is 9.88 Å². The number of likely N-dealkylation sites (N-methyl/N-ethyl adjacent to an activating group) is 1. The molecule has 19 heavy (non-hydrogen) atoms. The van der Waals surface area contributed by atoms with Gasteiger partial charge < -0.3 is 10.2 Å². The number of hydrogen-bond acceptors (Lipinski definition) is 6. The number of carbonyl (C=O) groups is 1. The summed E-state index contributed by atoms with van der Waals surface area (Å²) < 4.78 is 0. The molecule has 0 fully saturated rings. The van der Waals surface area contributed by atoms with Crippen molar-refractivity contribution in [2.75, 3.05) is 19.4 Å². The molecule has 0 radical (unpaired) electrons. The number of carbonyl (C=O) groups excluding carboxylic acids is 1. The maximum absolute atomic E-state index is 11.7. The van der Waals surface area contributed by atoms with Crippen LogP contribution in [0.25, 0.3) is 0 Å². The number of pyridine rings is 1. The van der Waals surface area contributed by atoms with E-state index in [4.69, 9.17) is 5.26 Å². The summed E-state index contributed by atoms with van der Waals surface area (Å²) in [6.07, 6.45) is 1.28. The molecule has 1 N–H and O–H groups in total. The van der Waals surface area contributed by atoms with Gasteiger partial charge in [-0.3, -0.25) is 14.9 Å². The van der Waals surface area contributed by atoms with Crippen molar-refractivity contribution in [3.05, 3.63) is 27.9 Å². The number of nitrogens with zero attached hydrogens (tertiary/aromatic N) is 4. The van der Waals surface area contributed by atoms with Crippen molar-refractivity contribution in [3.63, 3.8) is 0 Å². The molecular formula is C11H13N5O3. The van der Waals surface area contributed by atoms with E-state index in [0.717, 1.165) is 0 Å². The molecule has 0 aliphatic heterocycles. The second-order valence-corrected chi connectivity index (χ2v) is 4.02. The van der Waals surface area contributed by atoms with Gasteiger partial charge in [0.2, 0.25) is 11.7 Å². The number of aromatic nitrogens is 1. The molecule has 1 atom stereocenters. The van der Waals surface area contributed by atoms with E-state index in [1.165, 1.54) is 17.2 Å². The third-order valence-corrected chi connectivity index (χ3v) is 2.39. The molecule has 1 amide bonds. The second-order valence-electron chi connectivity index (χ2n) is 4.02. The van der Waals surface area contributed by atoms with Crippen molar-refractivity contribution in [3.8, 4) is 6.07 Å². The zero-order chi connectivity index (χ0) is 14.6. The Balaban J connectivity index is 3.12. The van der Waals surface area contributed by atoms with E-state index in [9.17, 15) is 14.9 Å². The molecule has 0 spiro atoms. The van der Waals surface area contributed by atoms with Crippen LogP contribution >= 0.6 is 0 Å². The smallest absolute Gasteiger partial charge is 0.328 e. The van der Waals surface area contributed by atoms with Crippen molar-refractivity contribution in [2.24, 2.45) is 0 Å². The van der Waals surface area contributed by atoms with Gasteiger partial charge in [0.05, 0.1) is 4.92 Å². The van der Waals surface area contributed by atoms with E-state index in [2.05, 4.69) is 10.3 Å². The molecule has 0 saturated carbocycles. The first-order chi connectivity index (χ1) is 8.88. The molecule has 0 saturated heterocycles. The Kier molecular flexibility index (Phi) is 4.36. The first-order valence-electron chi connectivity index (χ1n) is 5.39. The molecule has 8 nitrogen and oxygen atoms in total. The topological polar surface area (TPSA) is 112 Å². The minimum Gasteiger partial charge on any atom is -0.353 e. The summed E-state index contributed by atoms with van der Waals surface area (Å²) >= 11 is 0. The quantitative estimate of drug-likeness (QED) is 0.633. The van der Waals surface area contributed by atoms with Crippen LogP contribution < -0.4 is 5.32 Å². The van der Waals surface area contributed by atoms with Crippen LogP contribution in [0, 0.1) is 21.4 Å². The average Bonchev–Trinajstić information content (AvgIpc) is 2.36. The van der Waals surface area contributed by atoms with E-state index >= 15 is 0 Å². The number of nitrogens with one attached hydrogen (secondary N) is 1. The summed E-state index contributed by atoms with van der Waals surface area (Å²) in [5, 5.41) is 22.5. The van der Waals surface area contributed by atoms with Crippen molar-refractivity contribution >= 4 is 17.4 Å². The Morgan fingerprint density at radius 2 is 2.26 bits per heavy atom. The normalized spacial score (nSPS) is 11.3. The minimum atomic E-state index is -0.694. The highest BCUT2D eigenvalue weighted by Gasteiger charge is 2.24. The predicted molar refractivity (Wildman–Crippen MR) is 67.4 cm³/mol. The molecule has 0 aromatic carbocycles. The fourth-order valence-corrected chi connectivity index (χ4v) is 1.49. The van der Waals surface area contributed by atoms with E-state index in [-0.39, 0.29) is 17.3 Å². The van der Waals surface area contributed by atoms with Gasteiger partial charge in [0.25, 0.3) is 0 Å². The molecule has 1 heterocycles. The summed E-state index contributed by atoms with van der Waals surface area (Å²) in [5.41, 5.74) is -0.532. The highest BCUT2D eigenvalue weighted by atomic mass is 16.6. The molecule has 1 rings (SSSR count). The second kappa shape index (κ2) is 5.77. The van der Waals surface area contributed by atoms with Gasteiger partial charge >= 0.3 is 5.69 Å². The largest absolute Gasteiger partial charge is 0.353 e. The van der Waals surface area contributed by atoms with Gasteiger partial charge in [-0.05, 0) is 13.0 Å². The standard InChI is InChI=1S/C11H13N5O3/c1-7(11(17)15(2)3)14-10-9(16(18)19)8(6-12)4-5-13-10/h4-5,7H,1-3H3,(H,13,14). The van der Waals surface area contributed by atoms with Crippen molar-refractivity contribution in [1.29, 1.82) is 5.26 Å². The fraction of sp³-hybridized carbons (Fsp3) is 0.364. The van der Waals surface area contributed by atoms with Crippen LogP contribution in [0.5, 0.6) is 0 Å². The summed E-state index contributed by atoms with van der Waals surface area (Å²) in [7, 11) is 3.15. The lowest BCUT2D eigenvalue weighted by atomic mass is 10.2. The lowest BCUT2D eigenvalue weighted by Gasteiger charge is -2.18. The maximum atomic E-state index is 11.7. The van der Waals surface area contributed by atoms with Crippen LogP contribution in [0.2, 0.25) is 0 Å². The van der Waals surface area contributed by atoms with Gasteiger partial charge in [-0.25, -0.2) is 4.98 Å². The zero-order valence-electron chi connectivity index (χ0n) is 10.7. The van der Waals surface area contributed by atoms with E-state index in [1.807, 2.05) is 0 Å². The van der Waals surface area contributed by atoms with Crippen LogP contribution in [-0.4, -0.2) is 40.9 Å². The molecule has 0 aliphatic carbocycles. The zero-order valence-corrected chi connectivity index (χ0v) is 10.7. The molecule has 1 aromatic rings. The van der Waals surface area contributed by atoms with Gasteiger partial charge in [0.15, 0.2) is 0 Å². The number of nitriles is 1. The lowest BCUT2D eigenvalue weighted by Crippen LogP contribution is -2.37. The Morgan fingerprint density at radius 1 is 1.63 bits per heavy atom. The minimum absolute atomic E-state index is 0.0910. The highest BCUT2D eigenvalue weighted by molar-refractivity contribution is 5.84. The third-order valence-electron chi connectivity index (χ3n) is 2.39.